The second kappa shape index (κ2) is 7.19. The van der Waals surface area contributed by atoms with E-state index in [9.17, 15) is 4.79 Å². The third-order valence-electron chi connectivity index (χ3n) is 5.00. The molecule has 3 aromatic rings. The Morgan fingerprint density at radius 3 is 3.00 bits per heavy atom. The van der Waals surface area contributed by atoms with Crippen molar-refractivity contribution in [1.82, 2.24) is 19.9 Å². The van der Waals surface area contributed by atoms with Crippen molar-refractivity contribution in [1.29, 1.82) is 0 Å². The maximum Gasteiger partial charge on any atom is 0.265 e. The van der Waals surface area contributed by atoms with Gasteiger partial charge in [-0.2, -0.15) is 0 Å². The van der Waals surface area contributed by atoms with Crippen molar-refractivity contribution < 1.29 is 4.79 Å². The van der Waals surface area contributed by atoms with E-state index in [0.29, 0.717) is 0 Å². The minimum Gasteiger partial charge on any atom is -0.342 e. The smallest absolute Gasteiger partial charge is 0.265 e. The largest absolute Gasteiger partial charge is 0.342 e. The standard InChI is InChI=1S/C20H24N4OS/c1-3-7-17-21-13(2)18(26-17)20(25)24-11-6-8-14(12-24)19-22-15-9-4-5-10-16(15)23-19/h4-5,9-10,14H,3,6-8,11-12H2,1-2H3,(H,22,23). The third kappa shape index (κ3) is 3.26. The number of hydrogen-bond donors (Lipinski definition) is 1. The number of aromatic amines is 1. The van der Waals surface area contributed by atoms with Gasteiger partial charge in [0.15, 0.2) is 0 Å². The van der Waals surface area contributed by atoms with Crippen LogP contribution in [0.15, 0.2) is 24.3 Å². The zero-order valence-electron chi connectivity index (χ0n) is 15.3. The summed E-state index contributed by atoms with van der Waals surface area (Å²) in [4.78, 5) is 28.6. The summed E-state index contributed by atoms with van der Waals surface area (Å²) in [5, 5.41) is 1.07. The summed E-state index contributed by atoms with van der Waals surface area (Å²) in [6.07, 6.45) is 4.07. The van der Waals surface area contributed by atoms with Gasteiger partial charge in [-0.25, -0.2) is 9.97 Å². The van der Waals surface area contributed by atoms with Crippen LogP contribution >= 0.6 is 11.3 Å². The van der Waals surface area contributed by atoms with Gasteiger partial charge in [0.1, 0.15) is 10.7 Å². The molecule has 0 spiro atoms. The summed E-state index contributed by atoms with van der Waals surface area (Å²) in [6.45, 7) is 5.62. The van der Waals surface area contributed by atoms with Crippen molar-refractivity contribution >= 4 is 28.3 Å². The maximum absolute atomic E-state index is 13.1. The number of carbonyl (C=O) groups is 1. The lowest BCUT2D eigenvalue weighted by Crippen LogP contribution is -2.39. The van der Waals surface area contributed by atoms with E-state index >= 15 is 0 Å². The van der Waals surface area contributed by atoms with Crippen molar-refractivity contribution in [3.05, 3.63) is 45.7 Å². The van der Waals surface area contributed by atoms with E-state index in [4.69, 9.17) is 4.98 Å². The van der Waals surface area contributed by atoms with Crippen LogP contribution in [0.4, 0.5) is 0 Å². The van der Waals surface area contributed by atoms with E-state index in [-0.39, 0.29) is 11.8 Å². The lowest BCUT2D eigenvalue weighted by Gasteiger charge is -2.31. The molecule has 1 aliphatic rings. The Balaban J connectivity index is 1.53. The molecular formula is C20H24N4OS. The molecule has 2 aromatic heterocycles. The maximum atomic E-state index is 13.1. The van der Waals surface area contributed by atoms with Crippen LogP contribution in [0.5, 0.6) is 0 Å². The van der Waals surface area contributed by atoms with Gasteiger partial charge in [-0.1, -0.05) is 19.1 Å². The average Bonchev–Trinajstić information content (AvgIpc) is 3.25. The zero-order valence-corrected chi connectivity index (χ0v) is 16.1. The van der Waals surface area contributed by atoms with Gasteiger partial charge in [0.2, 0.25) is 0 Å². The van der Waals surface area contributed by atoms with Gasteiger partial charge in [-0.15, -0.1) is 11.3 Å². The van der Waals surface area contributed by atoms with Gasteiger partial charge < -0.3 is 9.88 Å². The minimum atomic E-state index is 0.128. The molecule has 4 rings (SSSR count). The fraction of sp³-hybridized carbons (Fsp3) is 0.450. The lowest BCUT2D eigenvalue weighted by molar-refractivity contribution is 0.0709. The molecule has 1 saturated heterocycles. The Morgan fingerprint density at radius 1 is 1.35 bits per heavy atom. The van der Waals surface area contributed by atoms with Crippen molar-refractivity contribution in [2.45, 2.75) is 45.4 Å². The molecule has 1 amide bonds. The number of hydrogen-bond acceptors (Lipinski definition) is 4. The highest BCUT2D eigenvalue weighted by Gasteiger charge is 2.29. The Morgan fingerprint density at radius 2 is 2.19 bits per heavy atom. The van der Waals surface area contributed by atoms with Gasteiger partial charge >= 0.3 is 0 Å². The summed E-state index contributed by atoms with van der Waals surface area (Å²) < 4.78 is 0. The van der Waals surface area contributed by atoms with Crippen molar-refractivity contribution in [3.8, 4) is 0 Å². The number of nitrogens with one attached hydrogen (secondary N) is 1. The highest BCUT2D eigenvalue weighted by molar-refractivity contribution is 7.13. The summed E-state index contributed by atoms with van der Waals surface area (Å²) in [7, 11) is 0. The zero-order chi connectivity index (χ0) is 18.1. The molecule has 1 N–H and O–H groups in total. The monoisotopic (exact) mass is 368 g/mol. The number of likely N-dealkylation sites (tertiary alicyclic amines) is 1. The number of nitrogens with zero attached hydrogens (tertiary/aromatic N) is 3. The number of amides is 1. The Kier molecular flexibility index (Phi) is 4.76. The molecule has 1 fully saturated rings. The van der Waals surface area contributed by atoms with Crippen LogP contribution in [0.3, 0.4) is 0 Å². The normalized spacial score (nSPS) is 17.8. The fourth-order valence-corrected chi connectivity index (χ4v) is 4.80. The number of carbonyl (C=O) groups excluding carboxylic acids is 1. The molecule has 6 heteroatoms. The second-order valence-corrected chi connectivity index (χ2v) is 8.09. The highest BCUT2D eigenvalue weighted by atomic mass is 32.1. The first-order valence-corrected chi connectivity index (χ1v) is 10.2. The number of imidazole rings is 1. The van der Waals surface area contributed by atoms with E-state index < -0.39 is 0 Å². The summed E-state index contributed by atoms with van der Waals surface area (Å²) in [5.74, 6) is 1.39. The SMILES string of the molecule is CCCc1nc(C)c(C(=O)N2CCCC(c3nc4ccccc4[nH]3)C2)s1. The number of para-hydroxylation sites is 2. The number of piperidine rings is 1. The van der Waals surface area contributed by atoms with Crippen LogP contribution < -0.4 is 0 Å². The van der Waals surface area contributed by atoms with E-state index in [1.54, 1.807) is 11.3 Å². The van der Waals surface area contributed by atoms with E-state index in [1.165, 1.54) is 0 Å². The molecule has 3 heterocycles. The van der Waals surface area contributed by atoms with Crippen molar-refractivity contribution in [3.63, 3.8) is 0 Å². The molecule has 5 nitrogen and oxygen atoms in total. The average molecular weight is 369 g/mol. The van der Waals surface area contributed by atoms with Crippen molar-refractivity contribution in [2.24, 2.45) is 0 Å². The molecule has 1 aromatic carbocycles. The number of aryl methyl sites for hydroxylation is 2. The highest BCUT2D eigenvalue weighted by Crippen LogP contribution is 2.29. The molecule has 0 aliphatic carbocycles. The van der Waals surface area contributed by atoms with E-state index in [1.807, 2.05) is 36.1 Å². The van der Waals surface area contributed by atoms with Crippen LogP contribution in [0.2, 0.25) is 0 Å². The first-order chi connectivity index (χ1) is 12.7. The van der Waals surface area contributed by atoms with E-state index in [2.05, 4.69) is 16.9 Å². The number of rotatable bonds is 4. The van der Waals surface area contributed by atoms with Crippen LogP contribution in [0.25, 0.3) is 11.0 Å². The Hall–Kier alpha value is -2.21. The van der Waals surface area contributed by atoms with Gasteiger partial charge in [0.25, 0.3) is 5.91 Å². The van der Waals surface area contributed by atoms with Gasteiger partial charge in [-0.3, -0.25) is 4.79 Å². The molecule has 1 aliphatic heterocycles. The number of H-pyrrole nitrogens is 1. The number of fused-ring (bicyclic) bond motifs is 1. The molecular weight excluding hydrogens is 344 g/mol. The van der Waals surface area contributed by atoms with Gasteiger partial charge in [0.05, 0.1) is 21.7 Å². The predicted octanol–water partition coefficient (Wildman–Crippen LogP) is 4.30. The Bertz CT molecular complexity index is 896. The minimum absolute atomic E-state index is 0.128. The first-order valence-electron chi connectivity index (χ1n) is 9.36. The number of thiazole rings is 1. The molecule has 26 heavy (non-hydrogen) atoms. The summed E-state index contributed by atoms with van der Waals surface area (Å²) in [5.41, 5.74) is 2.93. The van der Waals surface area contributed by atoms with Crippen LogP contribution in [-0.2, 0) is 6.42 Å². The molecule has 1 atom stereocenters. The summed E-state index contributed by atoms with van der Waals surface area (Å²) >= 11 is 1.56. The topological polar surface area (TPSA) is 61.9 Å². The summed E-state index contributed by atoms with van der Waals surface area (Å²) in [6, 6.07) is 8.09. The fourth-order valence-electron chi connectivity index (χ4n) is 3.67. The van der Waals surface area contributed by atoms with Crippen LogP contribution in [0.1, 0.15) is 58.3 Å². The molecule has 0 radical (unpaired) electrons. The number of benzene rings is 1. The second-order valence-electron chi connectivity index (χ2n) is 7.00. The lowest BCUT2D eigenvalue weighted by atomic mass is 9.97. The van der Waals surface area contributed by atoms with Crippen LogP contribution in [-0.4, -0.2) is 38.8 Å². The third-order valence-corrected chi connectivity index (χ3v) is 6.21. The van der Waals surface area contributed by atoms with Gasteiger partial charge in [0, 0.05) is 19.0 Å². The van der Waals surface area contributed by atoms with Crippen LogP contribution in [0, 0.1) is 6.92 Å². The molecule has 0 bridgehead atoms. The molecule has 1 unspecified atom stereocenters. The first kappa shape index (κ1) is 17.2. The predicted molar refractivity (Wildman–Crippen MR) is 105 cm³/mol. The van der Waals surface area contributed by atoms with Crippen molar-refractivity contribution in [2.75, 3.05) is 13.1 Å². The number of aromatic nitrogens is 3. The quantitative estimate of drug-likeness (QED) is 0.747. The molecule has 0 saturated carbocycles. The van der Waals surface area contributed by atoms with E-state index in [0.717, 1.165) is 71.2 Å². The molecule has 136 valence electrons. The Labute approximate surface area is 157 Å². The van der Waals surface area contributed by atoms with Gasteiger partial charge in [-0.05, 0) is 44.7 Å².